The Balaban J connectivity index is 1.21. The molecule has 2 heterocycles. The molecule has 4 aromatic rings. The van der Waals surface area contributed by atoms with Crippen molar-refractivity contribution in [3.8, 4) is 11.1 Å². The van der Waals surface area contributed by atoms with Crippen LogP contribution in [-0.2, 0) is 23.1 Å². The van der Waals surface area contributed by atoms with Gasteiger partial charge in [-0.3, -0.25) is 4.79 Å². The molecular weight excluding hydrogens is 488 g/mol. The van der Waals surface area contributed by atoms with Crippen molar-refractivity contribution in [2.75, 3.05) is 5.32 Å². The van der Waals surface area contributed by atoms with Gasteiger partial charge in [0, 0.05) is 30.4 Å². The number of hydrogen-bond acceptors (Lipinski definition) is 5. The van der Waals surface area contributed by atoms with E-state index in [0.29, 0.717) is 23.4 Å². The van der Waals surface area contributed by atoms with Crippen LogP contribution in [-0.4, -0.2) is 27.2 Å². The van der Waals surface area contributed by atoms with Crippen LogP contribution in [0.15, 0.2) is 65.4 Å². The lowest BCUT2D eigenvalue weighted by Gasteiger charge is -2.14. The van der Waals surface area contributed by atoms with Gasteiger partial charge in [-0.15, -0.1) is 0 Å². The lowest BCUT2D eigenvalue weighted by molar-refractivity contribution is -0.165. The number of rotatable bonds is 7. The molecule has 0 radical (unpaired) electrons. The van der Waals surface area contributed by atoms with Gasteiger partial charge in [0.25, 0.3) is 0 Å². The van der Waals surface area contributed by atoms with Gasteiger partial charge >= 0.3 is 6.18 Å². The molecule has 1 saturated carbocycles. The normalized spacial score (nSPS) is 14.4. The van der Waals surface area contributed by atoms with Crippen LogP contribution in [0.3, 0.4) is 0 Å². The maximum absolute atomic E-state index is 14.8. The second-order valence-electron chi connectivity index (χ2n) is 9.24. The predicted molar refractivity (Wildman–Crippen MR) is 127 cm³/mol. The first kappa shape index (κ1) is 24.6. The van der Waals surface area contributed by atoms with E-state index < -0.39 is 23.3 Å². The Bertz CT molecular complexity index is 1430. The molecule has 1 amide bonds. The van der Waals surface area contributed by atoms with E-state index >= 15 is 0 Å². The highest BCUT2D eigenvalue weighted by Gasteiger charge is 2.66. The third kappa shape index (κ3) is 5.23. The number of hydrogen-bond donors (Lipinski definition) is 1. The molecule has 0 atom stereocenters. The second-order valence-corrected chi connectivity index (χ2v) is 9.24. The molecule has 0 saturated heterocycles. The molecule has 10 heteroatoms. The smallest absolute Gasteiger partial charge is 0.358 e. The standard InChI is InChI=1S/C27H22F4N4O2/c1-16-2-4-17(5-3-16)10-23-32-14-20(15-33-23)18-6-7-19(21(28)11-18)12-25(36)34-24-13-22(37-35-24)26(8-9-26)27(29,30)31/h2-7,11,13-15H,8-10,12H2,1H3,(H,34,35,36). The van der Waals surface area contributed by atoms with E-state index in [2.05, 4.69) is 20.4 Å². The summed E-state index contributed by atoms with van der Waals surface area (Å²) >= 11 is 0. The van der Waals surface area contributed by atoms with Crippen LogP contribution >= 0.6 is 0 Å². The molecule has 190 valence electrons. The monoisotopic (exact) mass is 510 g/mol. The minimum Gasteiger partial charge on any atom is -0.358 e. The molecule has 37 heavy (non-hydrogen) atoms. The number of aryl methyl sites for hydroxylation is 1. The van der Waals surface area contributed by atoms with Crippen LogP contribution in [0, 0.1) is 12.7 Å². The average Bonchev–Trinajstić information content (AvgIpc) is 3.56. The number of nitrogens with one attached hydrogen (secondary N) is 1. The van der Waals surface area contributed by atoms with Crippen LogP contribution < -0.4 is 5.32 Å². The molecule has 1 N–H and O–H groups in total. The molecular formula is C27H22F4N4O2. The first-order valence-electron chi connectivity index (χ1n) is 11.6. The number of amides is 1. The van der Waals surface area contributed by atoms with Crippen molar-refractivity contribution in [2.45, 2.75) is 44.2 Å². The maximum Gasteiger partial charge on any atom is 0.401 e. The summed E-state index contributed by atoms with van der Waals surface area (Å²) in [5.41, 5.74) is 1.51. The minimum absolute atomic E-state index is 0.0862. The lowest BCUT2D eigenvalue weighted by atomic mass is 10.0. The Hall–Kier alpha value is -4.08. The predicted octanol–water partition coefficient (Wildman–Crippen LogP) is 5.95. The molecule has 5 rings (SSSR count). The summed E-state index contributed by atoms with van der Waals surface area (Å²) < 4.78 is 59.3. The highest BCUT2D eigenvalue weighted by atomic mass is 19.4. The summed E-state index contributed by atoms with van der Waals surface area (Å²) in [4.78, 5) is 21.1. The number of anilines is 1. The van der Waals surface area contributed by atoms with E-state index in [9.17, 15) is 22.4 Å². The highest BCUT2D eigenvalue weighted by Crippen LogP contribution is 2.59. The first-order chi connectivity index (χ1) is 17.6. The zero-order valence-electron chi connectivity index (χ0n) is 19.8. The first-order valence-corrected chi connectivity index (χ1v) is 11.6. The minimum atomic E-state index is -4.45. The molecule has 6 nitrogen and oxygen atoms in total. The Morgan fingerprint density at radius 3 is 2.35 bits per heavy atom. The van der Waals surface area contributed by atoms with Crippen molar-refractivity contribution >= 4 is 11.7 Å². The average molecular weight is 510 g/mol. The molecule has 1 fully saturated rings. The zero-order valence-corrected chi connectivity index (χ0v) is 19.8. The van der Waals surface area contributed by atoms with E-state index in [1.54, 1.807) is 18.5 Å². The number of benzene rings is 2. The fourth-order valence-electron chi connectivity index (χ4n) is 4.07. The maximum atomic E-state index is 14.8. The topological polar surface area (TPSA) is 80.9 Å². The van der Waals surface area contributed by atoms with Crippen LogP contribution in [0.1, 0.15) is 41.1 Å². The summed E-state index contributed by atoms with van der Waals surface area (Å²) in [6.07, 6.45) is -1.14. The summed E-state index contributed by atoms with van der Waals surface area (Å²) in [5.74, 6) is -1.08. The van der Waals surface area contributed by atoms with Gasteiger partial charge in [0.15, 0.2) is 11.6 Å². The SMILES string of the molecule is Cc1ccc(Cc2ncc(-c3ccc(CC(=O)Nc4cc(C5(C(F)(F)F)CC5)on4)c(F)c3)cn2)cc1. The fourth-order valence-corrected chi connectivity index (χ4v) is 4.07. The van der Waals surface area contributed by atoms with E-state index in [-0.39, 0.29) is 36.4 Å². The Kier molecular flexibility index (Phi) is 6.26. The van der Waals surface area contributed by atoms with Gasteiger partial charge in [-0.2, -0.15) is 13.2 Å². The van der Waals surface area contributed by atoms with Crippen molar-refractivity contribution < 1.29 is 26.9 Å². The molecule has 1 aliphatic carbocycles. The second kappa shape index (κ2) is 9.42. The van der Waals surface area contributed by atoms with E-state index in [1.165, 1.54) is 17.7 Å². The van der Waals surface area contributed by atoms with Crippen molar-refractivity contribution in [3.05, 3.63) is 95.0 Å². The van der Waals surface area contributed by atoms with Gasteiger partial charge in [0.2, 0.25) is 5.91 Å². The number of carbonyl (C=O) groups is 1. The molecule has 0 unspecified atom stereocenters. The number of aromatic nitrogens is 3. The third-order valence-electron chi connectivity index (χ3n) is 6.47. The quantitative estimate of drug-likeness (QED) is 0.311. The van der Waals surface area contributed by atoms with Crippen molar-refractivity contribution in [2.24, 2.45) is 0 Å². The van der Waals surface area contributed by atoms with Gasteiger partial charge in [-0.05, 0) is 42.5 Å². The van der Waals surface area contributed by atoms with E-state index in [1.807, 2.05) is 31.2 Å². The number of alkyl halides is 3. The molecule has 0 aliphatic heterocycles. The third-order valence-corrected chi connectivity index (χ3v) is 6.47. The molecule has 0 spiro atoms. The van der Waals surface area contributed by atoms with Crippen molar-refractivity contribution in [3.63, 3.8) is 0 Å². The van der Waals surface area contributed by atoms with E-state index in [4.69, 9.17) is 4.52 Å². The molecule has 2 aromatic heterocycles. The van der Waals surface area contributed by atoms with Gasteiger partial charge in [-0.25, -0.2) is 14.4 Å². The largest absolute Gasteiger partial charge is 0.401 e. The van der Waals surface area contributed by atoms with Crippen LogP contribution in [0.5, 0.6) is 0 Å². The molecule has 1 aliphatic rings. The van der Waals surface area contributed by atoms with Crippen LogP contribution in [0.25, 0.3) is 11.1 Å². The van der Waals surface area contributed by atoms with Crippen molar-refractivity contribution in [1.82, 2.24) is 15.1 Å². The lowest BCUT2D eigenvalue weighted by Crippen LogP contribution is -2.28. The zero-order chi connectivity index (χ0) is 26.2. The van der Waals surface area contributed by atoms with Gasteiger partial charge < -0.3 is 9.84 Å². The van der Waals surface area contributed by atoms with Gasteiger partial charge in [-0.1, -0.05) is 47.1 Å². The Morgan fingerprint density at radius 2 is 1.73 bits per heavy atom. The molecule has 2 aromatic carbocycles. The van der Waals surface area contributed by atoms with Crippen LogP contribution in [0.4, 0.5) is 23.4 Å². The van der Waals surface area contributed by atoms with Crippen molar-refractivity contribution in [1.29, 1.82) is 0 Å². The Morgan fingerprint density at radius 1 is 1.03 bits per heavy atom. The van der Waals surface area contributed by atoms with E-state index in [0.717, 1.165) is 11.6 Å². The summed E-state index contributed by atoms with van der Waals surface area (Å²) in [6, 6.07) is 13.6. The summed E-state index contributed by atoms with van der Waals surface area (Å²) in [5, 5.41) is 5.88. The fraction of sp³-hybridized carbons (Fsp3) is 0.259. The Labute approximate surface area is 209 Å². The summed E-state index contributed by atoms with van der Waals surface area (Å²) in [7, 11) is 0. The molecule has 0 bridgehead atoms. The van der Waals surface area contributed by atoms with Crippen LogP contribution in [0.2, 0.25) is 0 Å². The number of carbonyl (C=O) groups excluding carboxylic acids is 1. The summed E-state index contributed by atoms with van der Waals surface area (Å²) in [6.45, 7) is 2.02. The number of halogens is 4. The highest BCUT2D eigenvalue weighted by molar-refractivity contribution is 5.91. The van der Waals surface area contributed by atoms with Gasteiger partial charge in [0.05, 0.1) is 6.42 Å². The van der Waals surface area contributed by atoms with Gasteiger partial charge in [0.1, 0.15) is 17.1 Å². The number of nitrogens with zero attached hydrogens (tertiary/aromatic N) is 3.